The molecule has 126 valence electrons. The fraction of sp³-hybridized carbons (Fsp3) is 0.0476. The van der Waals surface area contributed by atoms with Crippen molar-refractivity contribution in [3.8, 4) is 22.9 Å². The largest absolute Gasteiger partial charge is 0.507 e. The lowest BCUT2D eigenvalue weighted by Crippen LogP contribution is -1.98. The number of phenolic OH excluding ortho intramolecular Hbond substituents is 1. The minimum atomic E-state index is 0.146. The molecule has 0 radical (unpaired) electrons. The number of rotatable bonds is 2. The number of phenols is 1. The van der Waals surface area contributed by atoms with E-state index >= 15 is 0 Å². The van der Waals surface area contributed by atoms with E-state index in [9.17, 15) is 5.11 Å². The number of fused-ring (bicyclic) bond motifs is 5. The Balaban J connectivity index is 2.01. The summed E-state index contributed by atoms with van der Waals surface area (Å²) in [4.78, 5) is 9.65. The smallest absolute Gasteiger partial charge is 0.150 e. The van der Waals surface area contributed by atoms with Crippen molar-refractivity contribution < 1.29 is 9.84 Å². The molecule has 0 aliphatic rings. The van der Waals surface area contributed by atoms with Gasteiger partial charge in [-0.1, -0.05) is 24.3 Å². The first-order chi connectivity index (χ1) is 12.8. The van der Waals surface area contributed by atoms with Crippen LogP contribution in [0.25, 0.3) is 39.0 Å². The first kappa shape index (κ1) is 14.7. The molecule has 0 saturated carbocycles. The minimum Gasteiger partial charge on any atom is -0.507 e. The van der Waals surface area contributed by atoms with Crippen LogP contribution >= 0.6 is 0 Å². The van der Waals surface area contributed by atoms with Crippen LogP contribution in [0.4, 0.5) is 0 Å². The maximum atomic E-state index is 10.5. The zero-order valence-electron chi connectivity index (χ0n) is 14.0. The molecule has 3 aromatic carbocycles. The third-order valence-electron chi connectivity index (χ3n) is 4.59. The molecule has 0 bridgehead atoms. The Morgan fingerprint density at radius 2 is 1.65 bits per heavy atom. The summed E-state index contributed by atoms with van der Waals surface area (Å²) in [7, 11) is 1.60. The topological polar surface area (TPSA) is 59.7 Å². The van der Waals surface area contributed by atoms with Crippen LogP contribution in [-0.2, 0) is 0 Å². The van der Waals surface area contributed by atoms with Crippen LogP contribution < -0.4 is 4.74 Å². The molecule has 5 heteroatoms. The fourth-order valence-corrected chi connectivity index (χ4v) is 3.35. The molecule has 0 unspecified atom stereocenters. The SMILES string of the molecule is COc1ccc(O)c(-c2nc3ccccc3c3nc4ccccc4n23)c1. The molecule has 0 atom stereocenters. The maximum absolute atomic E-state index is 10.5. The van der Waals surface area contributed by atoms with E-state index < -0.39 is 0 Å². The minimum absolute atomic E-state index is 0.146. The standard InChI is InChI=1S/C21H15N3O2/c1-26-13-10-11-19(25)15(12-13)21-22-16-7-3-2-6-14(16)20-23-17-8-4-5-9-18(17)24(20)21/h2-12,25H,1H3. The molecule has 26 heavy (non-hydrogen) atoms. The molecular weight excluding hydrogens is 326 g/mol. The van der Waals surface area contributed by atoms with Gasteiger partial charge in [-0.15, -0.1) is 0 Å². The van der Waals surface area contributed by atoms with Crippen LogP contribution in [0.5, 0.6) is 11.5 Å². The van der Waals surface area contributed by atoms with Gasteiger partial charge in [0.25, 0.3) is 0 Å². The molecule has 0 fully saturated rings. The summed E-state index contributed by atoms with van der Waals surface area (Å²) in [6, 6.07) is 21.0. The molecule has 0 aliphatic carbocycles. The monoisotopic (exact) mass is 341 g/mol. The first-order valence-corrected chi connectivity index (χ1v) is 8.29. The molecule has 5 rings (SSSR count). The summed E-state index contributed by atoms with van der Waals surface area (Å²) in [6.45, 7) is 0. The predicted molar refractivity (Wildman–Crippen MR) is 102 cm³/mol. The molecule has 2 heterocycles. The highest BCUT2D eigenvalue weighted by molar-refractivity contribution is 5.98. The Bertz CT molecular complexity index is 1290. The molecular formula is C21H15N3O2. The van der Waals surface area contributed by atoms with Crippen LogP contribution in [0.15, 0.2) is 66.7 Å². The summed E-state index contributed by atoms with van der Waals surface area (Å²) in [6.07, 6.45) is 0. The summed E-state index contributed by atoms with van der Waals surface area (Å²) >= 11 is 0. The first-order valence-electron chi connectivity index (χ1n) is 8.29. The summed E-state index contributed by atoms with van der Waals surface area (Å²) in [5, 5.41) is 11.5. The van der Waals surface area contributed by atoms with Crippen LogP contribution in [0.2, 0.25) is 0 Å². The van der Waals surface area contributed by atoms with Crippen molar-refractivity contribution >= 4 is 27.6 Å². The molecule has 1 N–H and O–H groups in total. The van der Waals surface area contributed by atoms with Gasteiger partial charge in [-0.25, -0.2) is 9.97 Å². The molecule has 5 nitrogen and oxygen atoms in total. The van der Waals surface area contributed by atoms with Crippen molar-refractivity contribution in [2.75, 3.05) is 7.11 Å². The second kappa shape index (κ2) is 5.46. The number of hydrogen-bond acceptors (Lipinski definition) is 4. The van der Waals surface area contributed by atoms with Crippen molar-refractivity contribution in [1.82, 2.24) is 14.4 Å². The normalized spacial score (nSPS) is 11.4. The molecule has 0 aliphatic heterocycles. The van der Waals surface area contributed by atoms with Gasteiger partial charge in [0.15, 0.2) is 5.82 Å². The van der Waals surface area contributed by atoms with E-state index in [2.05, 4.69) is 0 Å². The van der Waals surface area contributed by atoms with Gasteiger partial charge in [0.2, 0.25) is 0 Å². The van der Waals surface area contributed by atoms with Crippen LogP contribution in [0.1, 0.15) is 0 Å². The van der Waals surface area contributed by atoms with Crippen LogP contribution in [0.3, 0.4) is 0 Å². The van der Waals surface area contributed by atoms with Crippen LogP contribution in [-0.4, -0.2) is 26.6 Å². The van der Waals surface area contributed by atoms with E-state index in [0.29, 0.717) is 17.1 Å². The second-order valence-electron chi connectivity index (χ2n) is 6.10. The molecule has 2 aromatic heterocycles. The highest BCUT2D eigenvalue weighted by Gasteiger charge is 2.17. The van der Waals surface area contributed by atoms with Gasteiger partial charge < -0.3 is 9.84 Å². The average molecular weight is 341 g/mol. The van der Waals surface area contributed by atoms with E-state index in [0.717, 1.165) is 27.6 Å². The number of aromatic hydroxyl groups is 1. The maximum Gasteiger partial charge on any atom is 0.150 e. The van der Waals surface area contributed by atoms with Crippen molar-refractivity contribution in [3.05, 3.63) is 66.7 Å². The number of ether oxygens (including phenoxy) is 1. The second-order valence-corrected chi connectivity index (χ2v) is 6.10. The number of methoxy groups -OCH3 is 1. The van der Waals surface area contributed by atoms with Gasteiger partial charge in [0, 0.05) is 5.39 Å². The number of imidazole rings is 1. The van der Waals surface area contributed by atoms with Gasteiger partial charge in [0.05, 0.1) is 29.2 Å². The fourth-order valence-electron chi connectivity index (χ4n) is 3.35. The lowest BCUT2D eigenvalue weighted by Gasteiger charge is -2.11. The van der Waals surface area contributed by atoms with Gasteiger partial charge in [0.1, 0.15) is 17.1 Å². The Hall–Kier alpha value is -3.60. The van der Waals surface area contributed by atoms with E-state index in [1.165, 1.54) is 0 Å². The number of para-hydroxylation sites is 3. The third-order valence-corrected chi connectivity index (χ3v) is 4.59. The highest BCUT2D eigenvalue weighted by Crippen LogP contribution is 2.35. The third kappa shape index (κ3) is 2.04. The van der Waals surface area contributed by atoms with Gasteiger partial charge in [-0.2, -0.15) is 0 Å². The number of nitrogens with zero attached hydrogens (tertiary/aromatic N) is 3. The number of aromatic nitrogens is 3. The predicted octanol–water partition coefficient (Wildman–Crippen LogP) is 4.42. The van der Waals surface area contributed by atoms with E-state index in [1.54, 1.807) is 25.3 Å². The highest BCUT2D eigenvalue weighted by atomic mass is 16.5. The lowest BCUT2D eigenvalue weighted by atomic mass is 10.1. The lowest BCUT2D eigenvalue weighted by molar-refractivity contribution is 0.412. The van der Waals surface area contributed by atoms with Crippen molar-refractivity contribution in [3.63, 3.8) is 0 Å². The zero-order chi connectivity index (χ0) is 17.7. The number of benzene rings is 3. The number of hydrogen-bond donors (Lipinski definition) is 1. The van der Waals surface area contributed by atoms with E-state index in [4.69, 9.17) is 14.7 Å². The Morgan fingerprint density at radius 1 is 0.885 bits per heavy atom. The Kier molecular flexibility index (Phi) is 3.09. The Morgan fingerprint density at radius 3 is 2.50 bits per heavy atom. The van der Waals surface area contributed by atoms with Crippen molar-refractivity contribution in [2.24, 2.45) is 0 Å². The van der Waals surface area contributed by atoms with Crippen molar-refractivity contribution in [1.29, 1.82) is 0 Å². The van der Waals surface area contributed by atoms with Gasteiger partial charge in [-0.3, -0.25) is 4.40 Å². The molecule has 0 saturated heterocycles. The summed E-state index contributed by atoms with van der Waals surface area (Å²) in [5.74, 6) is 1.43. The van der Waals surface area contributed by atoms with E-state index in [-0.39, 0.29) is 5.75 Å². The quantitative estimate of drug-likeness (QED) is 0.516. The zero-order valence-corrected chi connectivity index (χ0v) is 14.0. The summed E-state index contributed by atoms with van der Waals surface area (Å²) in [5.41, 5.74) is 4.07. The van der Waals surface area contributed by atoms with E-state index in [1.807, 2.05) is 52.9 Å². The summed E-state index contributed by atoms with van der Waals surface area (Å²) < 4.78 is 7.33. The molecule has 0 spiro atoms. The van der Waals surface area contributed by atoms with Gasteiger partial charge in [-0.05, 0) is 42.5 Å². The average Bonchev–Trinajstić information content (AvgIpc) is 3.08. The molecule has 5 aromatic rings. The van der Waals surface area contributed by atoms with Crippen molar-refractivity contribution in [2.45, 2.75) is 0 Å². The Labute approximate surface area is 149 Å². The molecule has 0 amide bonds. The van der Waals surface area contributed by atoms with Crippen LogP contribution in [0, 0.1) is 0 Å². The van der Waals surface area contributed by atoms with Gasteiger partial charge >= 0.3 is 0 Å².